The fraction of sp³-hybridized carbons (Fsp3) is 0.786. The van der Waals surface area contributed by atoms with Crippen molar-refractivity contribution in [1.29, 1.82) is 0 Å². The van der Waals surface area contributed by atoms with Crippen molar-refractivity contribution in [3.8, 4) is 0 Å². The molecule has 0 radical (unpaired) electrons. The molecule has 0 saturated carbocycles. The minimum Gasteiger partial charge on any atom is -0.387 e. The summed E-state index contributed by atoms with van der Waals surface area (Å²) >= 11 is 0. The van der Waals surface area contributed by atoms with Crippen molar-refractivity contribution in [2.24, 2.45) is 13.0 Å². The van der Waals surface area contributed by atoms with Gasteiger partial charge in [0.05, 0.1) is 17.5 Å². The maximum Gasteiger partial charge on any atom is 0.0959 e. The minimum absolute atomic E-state index is 0.372. The third kappa shape index (κ3) is 4.15. The molecule has 0 bridgehead atoms. The lowest BCUT2D eigenvalue weighted by Crippen LogP contribution is -2.10. The van der Waals surface area contributed by atoms with E-state index >= 15 is 0 Å². The van der Waals surface area contributed by atoms with E-state index in [0.717, 1.165) is 24.2 Å². The second kappa shape index (κ2) is 6.80. The summed E-state index contributed by atoms with van der Waals surface area (Å²) in [6.45, 7) is 6.39. The Morgan fingerprint density at radius 3 is 2.59 bits per heavy atom. The van der Waals surface area contributed by atoms with Gasteiger partial charge in [0, 0.05) is 7.05 Å². The molecule has 3 heteroatoms. The van der Waals surface area contributed by atoms with E-state index in [2.05, 4.69) is 18.9 Å². The standard InChI is InChI=1S/C14H26N2O/c1-5-7-8-12(6-2)10-14(17)13-9-11(3)15-16(13)4/h9,12,14,17H,5-8,10H2,1-4H3. The van der Waals surface area contributed by atoms with Gasteiger partial charge in [0.1, 0.15) is 0 Å². The molecule has 0 aliphatic heterocycles. The van der Waals surface area contributed by atoms with Crippen LogP contribution in [0.5, 0.6) is 0 Å². The topological polar surface area (TPSA) is 38.1 Å². The summed E-state index contributed by atoms with van der Waals surface area (Å²) in [6, 6.07) is 1.98. The highest BCUT2D eigenvalue weighted by Crippen LogP contribution is 2.26. The molecule has 0 aliphatic rings. The van der Waals surface area contributed by atoms with E-state index in [1.165, 1.54) is 19.3 Å². The third-order valence-electron chi connectivity index (χ3n) is 3.48. The summed E-state index contributed by atoms with van der Waals surface area (Å²) in [6.07, 6.45) is 5.35. The number of nitrogens with zero attached hydrogens (tertiary/aromatic N) is 2. The second-order valence-corrected chi connectivity index (χ2v) is 5.00. The fourth-order valence-electron chi connectivity index (χ4n) is 2.36. The maximum absolute atomic E-state index is 10.3. The van der Waals surface area contributed by atoms with Crippen molar-refractivity contribution in [3.63, 3.8) is 0 Å². The van der Waals surface area contributed by atoms with Crippen LogP contribution in [0.1, 0.15) is 63.4 Å². The summed E-state index contributed by atoms with van der Waals surface area (Å²) in [5.41, 5.74) is 1.92. The van der Waals surface area contributed by atoms with Crippen molar-refractivity contribution in [1.82, 2.24) is 9.78 Å². The van der Waals surface area contributed by atoms with Gasteiger partial charge in [0.2, 0.25) is 0 Å². The molecule has 1 aromatic heterocycles. The van der Waals surface area contributed by atoms with Crippen LogP contribution in [-0.4, -0.2) is 14.9 Å². The van der Waals surface area contributed by atoms with Crippen molar-refractivity contribution in [3.05, 3.63) is 17.5 Å². The fourth-order valence-corrected chi connectivity index (χ4v) is 2.36. The number of hydrogen-bond donors (Lipinski definition) is 1. The molecule has 0 amide bonds. The van der Waals surface area contributed by atoms with Crippen LogP contribution in [0.15, 0.2) is 6.07 Å². The molecule has 1 heterocycles. The van der Waals surface area contributed by atoms with Gasteiger partial charge in [-0.25, -0.2) is 0 Å². The lowest BCUT2D eigenvalue weighted by atomic mass is 9.92. The van der Waals surface area contributed by atoms with Gasteiger partial charge in [0.25, 0.3) is 0 Å². The van der Waals surface area contributed by atoms with Crippen LogP contribution in [0.25, 0.3) is 0 Å². The summed E-state index contributed by atoms with van der Waals surface area (Å²) < 4.78 is 1.80. The molecule has 0 spiro atoms. The quantitative estimate of drug-likeness (QED) is 0.791. The first-order valence-electron chi connectivity index (χ1n) is 6.77. The number of aliphatic hydroxyl groups excluding tert-OH is 1. The number of aryl methyl sites for hydroxylation is 2. The lowest BCUT2D eigenvalue weighted by molar-refractivity contribution is 0.131. The number of rotatable bonds is 7. The first kappa shape index (κ1) is 14.2. The normalized spacial score (nSPS) is 14.9. The van der Waals surface area contributed by atoms with Gasteiger partial charge in [-0.05, 0) is 25.3 Å². The average molecular weight is 238 g/mol. The molecule has 2 atom stereocenters. The van der Waals surface area contributed by atoms with E-state index in [4.69, 9.17) is 0 Å². The van der Waals surface area contributed by atoms with E-state index in [1.807, 2.05) is 20.0 Å². The van der Waals surface area contributed by atoms with Gasteiger partial charge in [-0.1, -0.05) is 39.5 Å². The number of aliphatic hydroxyl groups is 1. The van der Waals surface area contributed by atoms with Crippen LogP contribution in [0.3, 0.4) is 0 Å². The van der Waals surface area contributed by atoms with Gasteiger partial charge in [-0.3, -0.25) is 4.68 Å². The molecule has 0 aromatic carbocycles. The van der Waals surface area contributed by atoms with Crippen molar-refractivity contribution in [2.75, 3.05) is 0 Å². The van der Waals surface area contributed by atoms with Crippen LogP contribution in [-0.2, 0) is 7.05 Å². The average Bonchev–Trinajstić information content (AvgIpc) is 2.63. The number of aromatic nitrogens is 2. The first-order chi connectivity index (χ1) is 8.08. The zero-order valence-corrected chi connectivity index (χ0v) is 11.6. The second-order valence-electron chi connectivity index (χ2n) is 5.00. The highest BCUT2D eigenvalue weighted by Gasteiger charge is 2.17. The molecular formula is C14H26N2O. The smallest absolute Gasteiger partial charge is 0.0959 e. The molecule has 1 aromatic rings. The first-order valence-corrected chi connectivity index (χ1v) is 6.77. The van der Waals surface area contributed by atoms with Crippen LogP contribution in [0, 0.1) is 12.8 Å². The van der Waals surface area contributed by atoms with E-state index in [1.54, 1.807) is 4.68 Å². The largest absolute Gasteiger partial charge is 0.387 e. The summed E-state index contributed by atoms with van der Waals surface area (Å²) in [7, 11) is 1.90. The molecule has 1 rings (SSSR count). The molecule has 2 unspecified atom stereocenters. The Balaban J connectivity index is 2.57. The maximum atomic E-state index is 10.3. The Labute approximate surface area is 105 Å². The number of unbranched alkanes of at least 4 members (excludes halogenated alkanes) is 1. The summed E-state index contributed by atoms with van der Waals surface area (Å²) in [4.78, 5) is 0. The van der Waals surface area contributed by atoms with Gasteiger partial charge in [-0.15, -0.1) is 0 Å². The molecular weight excluding hydrogens is 212 g/mol. The predicted octanol–water partition coefficient (Wildman–Crippen LogP) is 3.37. The van der Waals surface area contributed by atoms with Crippen LogP contribution in [0.4, 0.5) is 0 Å². The highest BCUT2D eigenvalue weighted by atomic mass is 16.3. The summed E-state index contributed by atoms with van der Waals surface area (Å²) in [5, 5.41) is 14.5. The Bertz CT molecular complexity index is 333. The Morgan fingerprint density at radius 2 is 2.12 bits per heavy atom. The highest BCUT2D eigenvalue weighted by molar-refractivity contribution is 5.11. The van der Waals surface area contributed by atoms with Gasteiger partial charge >= 0.3 is 0 Å². The molecule has 17 heavy (non-hydrogen) atoms. The third-order valence-corrected chi connectivity index (χ3v) is 3.48. The SMILES string of the molecule is CCCCC(CC)CC(O)c1cc(C)nn1C. The Hall–Kier alpha value is -0.830. The molecule has 0 saturated heterocycles. The molecule has 1 N–H and O–H groups in total. The van der Waals surface area contributed by atoms with Crippen LogP contribution >= 0.6 is 0 Å². The molecule has 98 valence electrons. The zero-order chi connectivity index (χ0) is 12.8. The predicted molar refractivity (Wildman–Crippen MR) is 70.8 cm³/mol. The van der Waals surface area contributed by atoms with Crippen molar-refractivity contribution in [2.45, 2.75) is 59.0 Å². The van der Waals surface area contributed by atoms with Gasteiger partial charge < -0.3 is 5.11 Å². The van der Waals surface area contributed by atoms with Crippen LogP contribution in [0.2, 0.25) is 0 Å². The number of hydrogen-bond acceptors (Lipinski definition) is 2. The molecule has 0 fully saturated rings. The Morgan fingerprint density at radius 1 is 1.41 bits per heavy atom. The van der Waals surface area contributed by atoms with E-state index in [9.17, 15) is 5.11 Å². The molecule has 3 nitrogen and oxygen atoms in total. The lowest BCUT2D eigenvalue weighted by Gasteiger charge is -2.18. The van der Waals surface area contributed by atoms with Crippen molar-refractivity contribution < 1.29 is 5.11 Å². The van der Waals surface area contributed by atoms with E-state index < -0.39 is 0 Å². The zero-order valence-electron chi connectivity index (χ0n) is 11.6. The van der Waals surface area contributed by atoms with E-state index in [-0.39, 0.29) is 6.10 Å². The monoisotopic (exact) mass is 238 g/mol. The Kier molecular flexibility index (Phi) is 5.69. The van der Waals surface area contributed by atoms with Gasteiger partial charge in [-0.2, -0.15) is 5.10 Å². The molecule has 0 aliphatic carbocycles. The minimum atomic E-state index is -0.372. The van der Waals surface area contributed by atoms with Crippen LogP contribution < -0.4 is 0 Å². The van der Waals surface area contributed by atoms with Gasteiger partial charge in [0.15, 0.2) is 0 Å². The summed E-state index contributed by atoms with van der Waals surface area (Å²) in [5.74, 6) is 0.625. The van der Waals surface area contributed by atoms with Crippen molar-refractivity contribution >= 4 is 0 Å². The van der Waals surface area contributed by atoms with E-state index in [0.29, 0.717) is 5.92 Å².